The molecule has 2 saturated heterocycles. The third-order valence-electron chi connectivity index (χ3n) is 5.13. The van der Waals surface area contributed by atoms with Crippen LogP contribution in [-0.4, -0.2) is 72.5 Å². The van der Waals surface area contributed by atoms with E-state index < -0.39 is 0 Å². The molecule has 1 aromatic carbocycles. The van der Waals surface area contributed by atoms with E-state index in [9.17, 15) is 14.7 Å². The lowest BCUT2D eigenvalue weighted by atomic mass is 9.97. The molecule has 7 nitrogen and oxygen atoms in total. The number of para-hydroxylation sites is 2. The van der Waals surface area contributed by atoms with Crippen LogP contribution in [-0.2, 0) is 9.59 Å². The molecule has 0 aliphatic carbocycles. The smallest absolute Gasteiger partial charge is 0.236 e. The maximum absolute atomic E-state index is 12.5. The van der Waals surface area contributed by atoms with E-state index in [-0.39, 0.29) is 23.5 Å². The minimum absolute atomic E-state index is 0.0713. The molecule has 3 rings (SSSR count). The molecule has 2 heterocycles. The largest absolute Gasteiger partial charge is 0.506 e. The first-order valence-corrected chi connectivity index (χ1v) is 8.87. The van der Waals surface area contributed by atoms with Gasteiger partial charge in [0.1, 0.15) is 5.75 Å². The minimum atomic E-state index is -0.311. The summed E-state index contributed by atoms with van der Waals surface area (Å²) in [4.78, 5) is 29.9. The standard InChI is InChI=1S/C18H26N4O3/c19-18(25)14-4-3-7-22(12-14)17(24)13-20-8-10-21(11-9-20)15-5-1-2-6-16(15)23/h1-2,5-6,14,23H,3-4,7-13H2,(H2,19,25)/t14-/m1/s1. The molecule has 2 aliphatic rings. The number of aromatic hydroxyl groups is 1. The molecule has 2 fully saturated rings. The quantitative estimate of drug-likeness (QED) is 0.815. The Labute approximate surface area is 148 Å². The molecule has 25 heavy (non-hydrogen) atoms. The van der Waals surface area contributed by atoms with Gasteiger partial charge >= 0.3 is 0 Å². The average Bonchev–Trinajstić information content (AvgIpc) is 2.63. The molecule has 2 aliphatic heterocycles. The fraction of sp³-hybridized carbons (Fsp3) is 0.556. The van der Waals surface area contributed by atoms with Gasteiger partial charge in [-0.15, -0.1) is 0 Å². The molecule has 0 spiro atoms. The number of hydrogen-bond donors (Lipinski definition) is 2. The number of rotatable bonds is 4. The van der Waals surface area contributed by atoms with Gasteiger partial charge in [-0.3, -0.25) is 14.5 Å². The summed E-state index contributed by atoms with van der Waals surface area (Å²) in [7, 11) is 0. The number of hydrogen-bond acceptors (Lipinski definition) is 5. The first kappa shape index (κ1) is 17.5. The van der Waals surface area contributed by atoms with Crippen molar-refractivity contribution in [1.29, 1.82) is 0 Å². The van der Waals surface area contributed by atoms with Crippen LogP contribution in [0.25, 0.3) is 0 Å². The number of nitrogens with zero attached hydrogens (tertiary/aromatic N) is 3. The van der Waals surface area contributed by atoms with E-state index in [1.807, 2.05) is 18.2 Å². The van der Waals surface area contributed by atoms with Gasteiger partial charge in [0.15, 0.2) is 0 Å². The SMILES string of the molecule is NC(=O)[C@@H]1CCCN(C(=O)CN2CCN(c3ccccc3O)CC2)C1. The van der Waals surface area contributed by atoms with E-state index in [0.29, 0.717) is 19.6 Å². The summed E-state index contributed by atoms with van der Waals surface area (Å²) in [5.74, 6) is -0.163. The Bertz CT molecular complexity index is 629. The normalized spacial score (nSPS) is 22.0. The lowest BCUT2D eigenvalue weighted by Gasteiger charge is -2.37. The zero-order valence-electron chi connectivity index (χ0n) is 14.4. The van der Waals surface area contributed by atoms with E-state index in [1.165, 1.54) is 0 Å². The van der Waals surface area contributed by atoms with Crippen molar-refractivity contribution in [1.82, 2.24) is 9.80 Å². The second-order valence-corrected chi connectivity index (χ2v) is 6.83. The molecule has 0 unspecified atom stereocenters. The summed E-state index contributed by atoms with van der Waals surface area (Å²) in [6, 6.07) is 7.33. The molecule has 3 N–H and O–H groups in total. The van der Waals surface area contributed by atoms with Crippen LogP contribution >= 0.6 is 0 Å². The number of carbonyl (C=O) groups excluding carboxylic acids is 2. The lowest BCUT2D eigenvalue weighted by Crippen LogP contribution is -2.52. The van der Waals surface area contributed by atoms with Gasteiger partial charge in [-0.2, -0.15) is 0 Å². The monoisotopic (exact) mass is 346 g/mol. The van der Waals surface area contributed by atoms with Gasteiger partial charge in [-0.1, -0.05) is 12.1 Å². The molecule has 0 saturated carbocycles. The van der Waals surface area contributed by atoms with Crippen molar-refractivity contribution < 1.29 is 14.7 Å². The van der Waals surface area contributed by atoms with Gasteiger partial charge in [0.05, 0.1) is 18.2 Å². The van der Waals surface area contributed by atoms with Crippen LogP contribution in [0.2, 0.25) is 0 Å². The number of carbonyl (C=O) groups is 2. The molecule has 136 valence electrons. The van der Waals surface area contributed by atoms with Gasteiger partial charge in [0, 0.05) is 39.3 Å². The zero-order valence-corrected chi connectivity index (χ0v) is 14.4. The van der Waals surface area contributed by atoms with Crippen molar-refractivity contribution >= 4 is 17.5 Å². The molecule has 1 atom stereocenters. The first-order valence-electron chi connectivity index (χ1n) is 8.87. The number of primary amides is 1. The number of phenolic OH excluding ortho intramolecular Hbond substituents is 1. The van der Waals surface area contributed by atoms with Gasteiger partial charge in [-0.05, 0) is 25.0 Å². The molecule has 7 heteroatoms. The molecule has 2 amide bonds. The van der Waals surface area contributed by atoms with E-state index >= 15 is 0 Å². The maximum atomic E-state index is 12.5. The Hall–Kier alpha value is -2.28. The van der Waals surface area contributed by atoms with Crippen LogP contribution in [0.15, 0.2) is 24.3 Å². The van der Waals surface area contributed by atoms with Crippen LogP contribution in [0.4, 0.5) is 5.69 Å². The van der Waals surface area contributed by atoms with Gasteiger partial charge < -0.3 is 20.6 Å². The van der Waals surface area contributed by atoms with E-state index in [4.69, 9.17) is 5.73 Å². The molecular weight excluding hydrogens is 320 g/mol. The zero-order chi connectivity index (χ0) is 17.8. The molecular formula is C18H26N4O3. The number of phenols is 1. The highest BCUT2D eigenvalue weighted by molar-refractivity contribution is 5.81. The summed E-state index contributed by atoms with van der Waals surface area (Å²) in [5.41, 5.74) is 6.22. The summed E-state index contributed by atoms with van der Waals surface area (Å²) >= 11 is 0. The Morgan fingerprint density at radius 2 is 1.84 bits per heavy atom. The summed E-state index contributed by atoms with van der Waals surface area (Å²) in [5, 5.41) is 9.96. The number of likely N-dealkylation sites (tertiary alicyclic amines) is 1. The van der Waals surface area contributed by atoms with Crippen LogP contribution in [0.1, 0.15) is 12.8 Å². The highest BCUT2D eigenvalue weighted by atomic mass is 16.3. The average molecular weight is 346 g/mol. The van der Waals surface area contributed by atoms with E-state index in [0.717, 1.165) is 44.7 Å². The summed E-state index contributed by atoms with van der Waals surface area (Å²) in [6.45, 7) is 4.62. The predicted molar refractivity (Wildman–Crippen MR) is 95.3 cm³/mol. The van der Waals surface area contributed by atoms with Crippen LogP contribution < -0.4 is 10.6 Å². The second kappa shape index (κ2) is 7.74. The lowest BCUT2D eigenvalue weighted by molar-refractivity contribution is -0.136. The fourth-order valence-electron chi connectivity index (χ4n) is 3.61. The topological polar surface area (TPSA) is 90.1 Å². The number of piperidine rings is 1. The van der Waals surface area contributed by atoms with Crippen molar-refractivity contribution in [3.63, 3.8) is 0 Å². The highest BCUT2D eigenvalue weighted by Crippen LogP contribution is 2.27. The van der Waals surface area contributed by atoms with Crippen molar-refractivity contribution in [2.45, 2.75) is 12.8 Å². The van der Waals surface area contributed by atoms with Gasteiger partial charge in [-0.25, -0.2) is 0 Å². The number of benzene rings is 1. The van der Waals surface area contributed by atoms with Crippen molar-refractivity contribution in [2.75, 3.05) is 50.7 Å². The summed E-state index contributed by atoms with van der Waals surface area (Å²) < 4.78 is 0. The van der Waals surface area contributed by atoms with Gasteiger partial charge in [0.2, 0.25) is 11.8 Å². The number of anilines is 1. The first-order chi connectivity index (χ1) is 12.0. The Morgan fingerprint density at radius 1 is 1.12 bits per heavy atom. The van der Waals surface area contributed by atoms with Crippen LogP contribution in [0.3, 0.4) is 0 Å². The Morgan fingerprint density at radius 3 is 2.52 bits per heavy atom. The number of piperazine rings is 1. The third kappa shape index (κ3) is 4.22. The van der Waals surface area contributed by atoms with Crippen molar-refractivity contribution in [2.24, 2.45) is 11.7 Å². The minimum Gasteiger partial charge on any atom is -0.506 e. The maximum Gasteiger partial charge on any atom is 0.236 e. The van der Waals surface area contributed by atoms with Crippen LogP contribution in [0.5, 0.6) is 5.75 Å². The molecule has 0 radical (unpaired) electrons. The molecule has 1 aromatic rings. The van der Waals surface area contributed by atoms with Gasteiger partial charge in [0.25, 0.3) is 0 Å². The fourth-order valence-corrected chi connectivity index (χ4v) is 3.61. The Kier molecular flexibility index (Phi) is 5.43. The van der Waals surface area contributed by atoms with Crippen LogP contribution in [0, 0.1) is 5.92 Å². The number of nitrogens with two attached hydrogens (primary N) is 1. The molecule has 0 aromatic heterocycles. The molecule has 0 bridgehead atoms. The van der Waals surface area contributed by atoms with E-state index in [2.05, 4.69) is 9.80 Å². The number of amides is 2. The summed E-state index contributed by atoms with van der Waals surface area (Å²) in [6.07, 6.45) is 1.61. The van der Waals surface area contributed by atoms with E-state index in [1.54, 1.807) is 11.0 Å². The third-order valence-corrected chi connectivity index (χ3v) is 5.13. The Balaban J connectivity index is 1.49. The predicted octanol–water partition coefficient (Wildman–Crippen LogP) is 0.238. The van der Waals surface area contributed by atoms with Crippen molar-refractivity contribution in [3.8, 4) is 5.75 Å². The second-order valence-electron chi connectivity index (χ2n) is 6.83. The highest BCUT2D eigenvalue weighted by Gasteiger charge is 2.28. The van der Waals surface area contributed by atoms with Crippen molar-refractivity contribution in [3.05, 3.63) is 24.3 Å².